The van der Waals surface area contributed by atoms with Crippen LogP contribution in [-0.4, -0.2) is 14.2 Å². The first-order chi connectivity index (χ1) is 11.2. The number of rotatable bonds is 8. The highest BCUT2D eigenvalue weighted by Gasteiger charge is 2.16. The second-order valence-electron chi connectivity index (χ2n) is 5.72. The van der Waals surface area contributed by atoms with Gasteiger partial charge in [-0.2, -0.15) is 0 Å². The minimum atomic E-state index is 0.856. The summed E-state index contributed by atoms with van der Waals surface area (Å²) in [5.74, 6) is 1.71. The number of unbranched alkanes of at least 4 members (excludes halogenated alkanes) is 3. The van der Waals surface area contributed by atoms with Gasteiger partial charge in [-0.1, -0.05) is 50.5 Å². The molecule has 2 aromatic carbocycles. The van der Waals surface area contributed by atoms with E-state index in [1.165, 1.54) is 42.1 Å². The van der Waals surface area contributed by atoms with Crippen molar-refractivity contribution < 1.29 is 9.47 Å². The van der Waals surface area contributed by atoms with Crippen molar-refractivity contribution in [2.24, 2.45) is 0 Å². The summed E-state index contributed by atoms with van der Waals surface area (Å²) in [7, 11) is 6.30. The Morgan fingerprint density at radius 3 is 2.13 bits per heavy atom. The topological polar surface area (TPSA) is 18.5 Å². The van der Waals surface area contributed by atoms with Gasteiger partial charge in [-0.15, -0.1) is 9.24 Å². The maximum Gasteiger partial charge on any atom is 0.130 e. The van der Waals surface area contributed by atoms with Crippen LogP contribution in [0.25, 0.3) is 11.1 Å². The molecule has 2 rings (SSSR count). The highest BCUT2D eigenvalue weighted by Crippen LogP contribution is 2.40. The summed E-state index contributed by atoms with van der Waals surface area (Å²) in [5.41, 5.74) is 3.63. The average Bonchev–Trinajstić information content (AvgIpc) is 2.59. The first-order valence-corrected chi connectivity index (χ1v) is 8.89. The molecule has 0 saturated carbocycles. The Morgan fingerprint density at radius 2 is 1.52 bits per heavy atom. The monoisotopic (exact) mass is 330 g/mol. The summed E-state index contributed by atoms with van der Waals surface area (Å²) in [5, 5.41) is 1.26. The van der Waals surface area contributed by atoms with E-state index in [0.717, 1.165) is 23.5 Å². The van der Waals surface area contributed by atoms with Crippen LogP contribution in [0, 0.1) is 0 Å². The fraction of sp³-hybridized carbons (Fsp3) is 0.400. The van der Waals surface area contributed by atoms with Crippen LogP contribution in [0.4, 0.5) is 0 Å². The van der Waals surface area contributed by atoms with Crippen molar-refractivity contribution in [3.63, 3.8) is 0 Å². The normalized spacial score (nSPS) is 10.6. The Hall–Kier alpha value is -1.53. The lowest BCUT2D eigenvalue weighted by molar-refractivity contribution is 0.397. The van der Waals surface area contributed by atoms with E-state index < -0.39 is 0 Å². The molecule has 0 aliphatic carbocycles. The molecule has 3 heteroatoms. The van der Waals surface area contributed by atoms with E-state index in [9.17, 15) is 0 Å². The van der Waals surface area contributed by atoms with E-state index in [-0.39, 0.29) is 0 Å². The third-order valence-corrected chi connectivity index (χ3v) is 4.73. The molecule has 124 valence electrons. The summed E-state index contributed by atoms with van der Waals surface area (Å²) >= 11 is 0. The van der Waals surface area contributed by atoms with Gasteiger partial charge in [-0.05, 0) is 41.4 Å². The molecule has 0 heterocycles. The van der Waals surface area contributed by atoms with Gasteiger partial charge >= 0.3 is 0 Å². The number of methoxy groups -OCH3 is 2. The van der Waals surface area contributed by atoms with Crippen molar-refractivity contribution in [3.8, 4) is 22.6 Å². The smallest absolute Gasteiger partial charge is 0.130 e. The van der Waals surface area contributed by atoms with Crippen LogP contribution in [-0.2, 0) is 6.42 Å². The third kappa shape index (κ3) is 4.26. The average molecular weight is 330 g/mol. The molecule has 0 saturated heterocycles. The summed E-state index contributed by atoms with van der Waals surface area (Å²) in [6.07, 6.45) is 6.12. The fourth-order valence-electron chi connectivity index (χ4n) is 2.96. The minimum absolute atomic E-state index is 0.856. The number of hydrogen-bond donors (Lipinski definition) is 0. The Labute approximate surface area is 142 Å². The van der Waals surface area contributed by atoms with Crippen LogP contribution >= 0.6 is 9.24 Å². The Morgan fingerprint density at radius 1 is 0.870 bits per heavy atom. The SMILES string of the molecule is CCCCCCc1c(P)cccc1-c1c(OC)cccc1OC. The lowest BCUT2D eigenvalue weighted by atomic mass is 9.94. The van der Waals surface area contributed by atoms with E-state index in [1.54, 1.807) is 14.2 Å². The van der Waals surface area contributed by atoms with E-state index in [4.69, 9.17) is 9.47 Å². The van der Waals surface area contributed by atoms with Crippen LogP contribution in [0.1, 0.15) is 38.2 Å². The predicted molar refractivity (Wildman–Crippen MR) is 102 cm³/mol. The van der Waals surface area contributed by atoms with Gasteiger partial charge in [0.15, 0.2) is 0 Å². The molecule has 23 heavy (non-hydrogen) atoms. The van der Waals surface area contributed by atoms with E-state index in [0.29, 0.717) is 0 Å². The lowest BCUT2D eigenvalue weighted by Crippen LogP contribution is -2.06. The molecule has 0 N–H and O–H groups in total. The standard InChI is InChI=1S/C20H27O2P/c1-4-5-6-7-10-15-16(11-8-14-19(15)23)20-17(21-2)12-9-13-18(20)22-3/h8-9,11-14H,4-7,10,23H2,1-3H3. The molecule has 0 radical (unpaired) electrons. The Bertz CT molecular complexity index is 615. The van der Waals surface area contributed by atoms with Gasteiger partial charge in [0.2, 0.25) is 0 Å². The molecule has 1 unspecified atom stereocenters. The van der Waals surface area contributed by atoms with Crippen LogP contribution in [0.15, 0.2) is 36.4 Å². The second kappa shape index (κ2) is 8.93. The first-order valence-electron chi connectivity index (χ1n) is 8.31. The van der Waals surface area contributed by atoms with Gasteiger partial charge < -0.3 is 9.47 Å². The Balaban J connectivity index is 2.45. The molecular weight excluding hydrogens is 303 g/mol. The molecule has 0 aromatic heterocycles. The minimum Gasteiger partial charge on any atom is -0.496 e. The summed E-state index contributed by atoms with van der Waals surface area (Å²) in [6.45, 7) is 2.24. The van der Waals surface area contributed by atoms with Gasteiger partial charge in [-0.25, -0.2) is 0 Å². The van der Waals surface area contributed by atoms with E-state index >= 15 is 0 Å². The zero-order chi connectivity index (χ0) is 16.7. The fourth-order valence-corrected chi connectivity index (χ4v) is 3.37. The van der Waals surface area contributed by atoms with Crippen molar-refractivity contribution >= 4 is 14.5 Å². The largest absolute Gasteiger partial charge is 0.496 e. The molecule has 2 aromatic rings. The molecular formula is C20H27O2P. The van der Waals surface area contributed by atoms with Gasteiger partial charge in [0, 0.05) is 0 Å². The number of hydrogen-bond acceptors (Lipinski definition) is 2. The van der Waals surface area contributed by atoms with Gasteiger partial charge in [0.1, 0.15) is 11.5 Å². The molecule has 0 bridgehead atoms. The maximum absolute atomic E-state index is 5.59. The van der Waals surface area contributed by atoms with Crippen molar-refractivity contribution in [2.75, 3.05) is 14.2 Å². The van der Waals surface area contributed by atoms with Gasteiger partial charge in [0.05, 0.1) is 19.8 Å². The molecule has 0 aliphatic rings. The van der Waals surface area contributed by atoms with Crippen molar-refractivity contribution in [1.29, 1.82) is 0 Å². The summed E-state index contributed by atoms with van der Waals surface area (Å²) < 4.78 is 11.2. The van der Waals surface area contributed by atoms with Crippen molar-refractivity contribution in [1.82, 2.24) is 0 Å². The van der Waals surface area contributed by atoms with Crippen LogP contribution in [0.2, 0.25) is 0 Å². The van der Waals surface area contributed by atoms with Crippen LogP contribution < -0.4 is 14.8 Å². The zero-order valence-corrected chi connectivity index (χ0v) is 15.5. The lowest BCUT2D eigenvalue weighted by Gasteiger charge is -2.18. The van der Waals surface area contributed by atoms with E-state index in [1.807, 2.05) is 18.2 Å². The van der Waals surface area contributed by atoms with Crippen LogP contribution in [0.5, 0.6) is 11.5 Å². The maximum atomic E-state index is 5.59. The number of ether oxygens (including phenoxy) is 2. The molecule has 0 spiro atoms. The molecule has 2 nitrogen and oxygen atoms in total. The predicted octanol–water partition coefficient (Wildman–Crippen LogP) is 4.99. The van der Waals surface area contributed by atoms with Crippen molar-refractivity contribution in [2.45, 2.75) is 39.0 Å². The molecule has 0 fully saturated rings. The summed E-state index contributed by atoms with van der Waals surface area (Å²) in [6, 6.07) is 12.4. The molecule has 1 atom stereocenters. The van der Waals surface area contributed by atoms with E-state index in [2.05, 4.69) is 34.4 Å². The quantitative estimate of drug-likeness (QED) is 0.501. The number of benzene rings is 2. The highest BCUT2D eigenvalue weighted by molar-refractivity contribution is 7.27. The van der Waals surface area contributed by atoms with Gasteiger partial charge in [-0.3, -0.25) is 0 Å². The van der Waals surface area contributed by atoms with Gasteiger partial charge in [0.25, 0.3) is 0 Å². The van der Waals surface area contributed by atoms with Crippen molar-refractivity contribution in [3.05, 3.63) is 42.0 Å². The Kier molecular flexibility index (Phi) is 6.92. The van der Waals surface area contributed by atoms with Crippen LogP contribution in [0.3, 0.4) is 0 Å². The summed E-state index contributed by atoms with van der Waals surface area (Å²) in [4.78, 5) is 0. The first kappa shape index (κ1) is 17.8. The second-order valence-corrected chi connectivity index (χ2v) is 6.34. The molecule has 0 amide bonds. The molecule has 0 aliphatic heterocycles. The highest BCUT2D eigenvalue weighted by atomic mass is 31.0. The zero-order valence-electron chi connectivity index (χ0n) is 14.4. The third-order valence-electron chi connectivity index (χ3n) is 4.19.